The Labute approximate surface area is 106 Å². The van der Waals surface area contributed by atoms with E-state index >= 15 is 0 Å². The molecular formula is C14H17NO3. The SMILES string of the molecule is C[C@@H]1CCc2ccccc2N1C(=O)CCC(=O)O. The van der Waals surface area contributed by atoms with Gasteiger partial charge in [-0.15, -0.1) is 0 Å². The van der Waals surface area contributed by atoms with Crippen LogP contribution in [0.15, 0.2) is 24.3 Å². The normalized spacial score (nSPS) is 18.3. The molecule has 0 aliphatic carbocycles. The summed E-state index contributed by atoms with van der Waals surface area (Å²) in [7, 11) is 0. The summed E-state index contributed by atoms with van der Waals surface area (Å²) >= 11 is 0. The molecule has 0 aromatic heterocycles. The second kappa shape index (κ2) is 5.21. The van der Waals surface area contributed by atoms with Crippen molar-refractivity contribution in [2.75, 3.05) is 4.90 Å². The lowest BCUT2D eigenvalue weighted by Crippen LogP contribution is -2.42. The number of carboxylic acid groups (broad SMARTS) is 1. The molecule has 1 heterocycles. The first-order valence-electron chi connectivity index (χ1n) is 6.21. The Morgan fingerprint density at radius 1 is 1.33 bits per heavy atom. The van der Waals surface area contributed by atoms with Crippen molar-refractivity contribution in [3.63, 3.8) is 0 Å². The molecule has 2 rings (SSSR count). The van der Waals surface area contributed by atoms with Crippen LogP contribution in [0.4, 0.5) is 5.69 Å². The lowest BCUT2D eigenvalue weighted by Gasteiger charge is -2.35. The van der Waals surface area contributed by atoms with E-state index in [1.165, 1.54) is 5.56 Å². The number of carbonyl (C=O) groups is 2. The maximum atomic E-state index is 12.1. The van der Waals surface area contributed by atoms with Gasteiger partial charge in [0.2, 0.25) is 5.91 Å². The number of aryl methyl sites for hydroxylation is 1. The zero-order valence-electron chi connectivity index (χ0n) is 10.4. The highest BCUT2D eigenvalue weighted by Gasteiger charge is 2.27. The summed E-state index contributed by atoms with van der Waals surface area (Å²) in [5.41, 5.74) is 2.10. The van der Waals surface area contributed by atoms with E-state index < -0.39 is 5.97 Å². The van der Waals surface area contributed by atoms with Gasteiger partial charge in [-0.3, -0.25) is 9.59 Å². The summed E-state index contributed by atoms with van der Waals surface area (Å²) in [5.74, 6) is -1.03. The van der Waals surface area contributed by atoms with Gasteiger partial charge in [-0.2, -0.15) is 0 Å². The first-order valence-corrected chi connectivity index (χ1v) is 6.21. The van der Waals surface area contributed by atoms with Gasteiger partial charge in [-0.05, 0) is 31.4 Å². The third-order valence-corrected chi connectivity index (χ3v) is 3.34. The van der Waals surface area contributed by atoms with E-state index in [0.29, 0.717) is 0 Å². The van der Waals surface area contributed by atoms with Crippen LogP contribution in [0, 0.1) is 0 Å². The monoisotopic (exact) mass is 247 g/mol. The number of rotatable bonds is 3. The Hall–Kier alpha value is -1.84. The zero-order valence-corrected chi connectivity index (χ0v) is 10.4. The highest BCUT2D eigenvalue weighted by atomic mass is 16.4. The lowest BCUT2D eigenvalue weighted by atomic mass is 9.96. The third-order valence-electron chi connectivity index (χ3n) is 3.34. The van der Waals surface area contributed by atoms with Crippen LogP contribution in [0.2, 0.25) is 0 Å². The quantitative estimate of drug-likeness (QED) is 0.891. The van der Waals surface area contributed by atoms with Crippen LogP contribution < -0.4 is 4.90 Å². The molecule has 1 atom stereocenters. The van der Waals surface area contributed by atoms with Gasteiger partial charge in [-0.1, -0.05) is 18.2 Å². The number of benzene rings is 1. The molecular weight excluding hydrogens is 230 g/mol. The molecule has 0 bridgehead atoms. The molecule has 0 saturated heterocycles. The van der Waals surface area contributed by atoms with Crippen molar-refractivity contribution in [1.82, 2.24) is 0 Å². The summed E-state index contributed by atoms with van der Waals surface area (Å²) in [5, 5.41) is 8.65. The molecule has 1 aliphatic heterocycles. The number of carboxylic acids is 1. The van der Waals surface area contributed by atoms with E-state index in [4.69, 9.17) is 5.11 Å². The maximum absolute atomic E-state index is 12.1. The minimum absolute atomic E-state index is 0.0635. The summed E-state index contributed by atoms with van der Waals surface area (Å²) in [6.07, 6.45) is 1.86. The smallest absolute Gasteiger partial charge is 0.303 e. The minimum Gasteiger partial charge on any atom is -0.481 e. The van der Waals surface area contributed by atoms with Crippen LogP contribution in [0.25, 0.3) is 0 Å². The van der Waals surface area contributed by atoms with Gasteiger partial charge in [-0.25, -0.2) is 0 Å². The highest BCUT2D eigenvalue weighted by Crippen LogP contribution is 2.30. The number of nitrogens with zero attached hydrogens (tertiary/aromatic N) is 1. The average molecular weight is 247 g/mol. The topological polar surface area (TPSA) is 57.6 Å². The largest absolute Gasteiger partial charge is 0.481 e. The van der Waals surface area contributed by atoms with Crippen LogP contribution in [-0.4, -0.2) is 23.0 Å². The number of para-hydroxylation sites is 1. The number of carbonyl (C=O) groups excluding carboxylic acids is 1. The molecule has 4 nitrogen and oxygen atoms in total. The van der Waals surface area contributed by atoms with Gasteiger partial charge in [0.15, 0.2) is 0 Å². The van der Waals surface area contributed by atoms with Gasteiger partial charge >= 0.3 is 5.97 Å². The molecule has 4 heteroatoms. The Morgan fingerprint density at radius 3 is 2.78 bits per heavy atom. The average Bonchev–Trinajstić information content (AvgIpc) is 2.36. The van der Waals surface area contributed by atoms with E-state index in [1.54, 1.807) is 4.90 Å². The van der Waals surface area contributed by atoms with E-state index in [0.717, 1.165) is 18.5 Å². The second-order valence-corrected chi connectivity index (χ2v) is 4.67. The van der Waals surface area contributed by atoms with Gasteiger partial charge in [0.05, 0.1) is 6.42 Å². The standard InChI is InChI=1S/C14H17NO3/c1-10-6-7-11-4-2-3-5-12(11)15(10)13(16)8-9-14(17)18/h2-5,10H,6-9H2,1H3,(H,17,18)/t10-/m1/s1. The Kier molecular flexibility index (Phi) is 3.65. The first-order chi connectivity index (χ1) is 8.59. The Bertz CT molecular complexity index is 470. The fourth-order valence-corrected chi connectivity index (χ4v) is 2.40. The van der Waals surface area contributed by atoms with Crippen LogP contribution in [-0.2, 0) is 16.0 Å². The van der Waals surface area contributed by atoms with Crippen molar-refractivity contribution in [2.24, 2.45) is 0 Å². The number of anilines is 1. The maximum Gasteiger partial charge on any atom is 0.303 e. The molecule has 0 saturated carbocycles. The molecule has 18 heavy (non-hydrogen) atoms. The molecule has 1 aliphatic rings. The summed E-state index contributed by atoms with van der Waals surface area (Å²) in [6, 6.07) is 7.98. The molecule has 0 unspecified atom stereocenters. The van der Waals surface area contributed by atoms with Crippen LogP contribution >= 0.6 is 0 Å². The zero-order chi connectivity index (χ0) is 13.1. The predicted octanol–water partition coefficient (Wildman–Crippen LogP) is 2.22. The molecule has 0 fully saturated rings. The van der Waals surface area contributed by atoms with Gasteiger partial charge in [0.1, 0.15) is 0 Å². The number of hydrogen-bond donors (Lipinski definition) is 1. The van der Waals surface area contributed by atoms with Crippen molar-refractivity contribution >= 4 is 17.6 Å². The number of amides is 1. The van der Waals surface area contributed by atoms with Gasteiger partial charge in [0, 0.05) is 18.2 Å². The number of aliphatic carboxylic acids is 1. The van der Waals surface area contributed by atoms with Crippen LogP contribution in [0.3, 0.4) is 0 Å². The van der Waals surface area contributed by atoms with Crippen molar-refractivity contribution < 1.29 is 14.7 Å². The molecule has 1 N–H and O–H groups in total. The third kappa shape index (κ3) is 2.53. The fraction of sp³-hybridized carbons (Fsp3) is 0.429. The van der Waals surface area contributed by atoms with Crippen LogP contribution in [0.5, 0.6) is 0 Å². The fourth-order valence-electron chi connectivity index (χ4n) is 2.40. The van der Waals surface area contributed by atoms with E-state index in [1.807, 2.05) is 31.2 Å². The first kappa shape index (κ1) is 12.6. The Morgan fingerprint density at radius 2 is 2.06 bits per heavy atom. The van der Waals surface area contributed by atoms with Crippen LogP contribution in [0.1, 0.15) is 31.7 Å². The number of fused-ring (bicyclic) bond motifs is 1. The molecule has 0 radical (unpaired) electrons. The van der Waals surface area contributed by atoms with E-state index in [9.17, 15) is 9.59 Å². The second-order valence-electron chi connectivity index (χ2n) is 4.67. The van der Waals surface area contributed by atoms with Crippen molar-refractivity contribution in [3.05, 3.63) is 29.8 Å². The summed E-state index contributed by atoms with van der Waals surface area (Å²) in [4.78, 5) is 24.4. The van der Waals surface area contributed by atoms with Crippen molar-refractivity contribution in [3.8, 4) is 0 Å². The predicted molar refractivity (Wildman–Crippen MR) is 68.6 cm³/mol. The molecule has 1 aromatic rings. The van der Waals surface area contributed by atoms with Crippen molar-refractivity contribution in [2.45, 2.75) is 38.6 Å². The molecule has 96 valence electrons. The van der Waals surface area contributed by atoms with Gasteiger partial charge < -0.3 is 10.0 Å². The van der Waals surface area contributed by atoms with E-state index in [-0.39, 0.29) is 24.8 Å². The van der Waals surface area contributed by atoms with E-state index in [2.05, 4.69) is 0 Å². The molecule has 1 amide bonds. The summed E-state index contributed by atoms with van der Waals surface area (Å²) in [6.45, 7) is 2.01. The minimum atomic E-state index is -0.929. The molecule has 1 aromatic carbocycles. The molecule has 0 spiro atoms. The summed E-state index contributed by atoms with van der Waals surface area (Å²) < 4.78 is 0. The van der Waals surface area contributed by atoms with Crippen molar-refractivity contribution in [1.29, 1.82) is 0 Å². The Balaban J connectivity index is 2.21. The number of hydrogen-bond acceptors (Lipinski definition) is 2. The highest BCUT2D eigenvalue weighted by molar-refractivity contribution is 5.96. The van der Waals surface area contributed by atoms with Gasteiger partial charge in [0.25, 0.3) is 0 Å². The lowest BCUT2D eigenvalue weighted by molar-refractivity contribution is -0.138.